The molecule has 2 aromatic rings. The summed E-state index contributed by atoms with van der Waals surface area (Å²) in [5.74, 6) is 0. The lowest BCUT2D eigenvalue weighted by Gasteiger charge is -2.08. The molecule has 0 saturated heterocycles. The number of nitrogens with one attached hydrogen (secondary N) is 1. The Balaban J connectivity index is 2.79. The van der Waals surface area contributed by atoms with E-state index in [2.05, 4.69) is 39.0 Å². The molecule has 0 spiro atoms. The Bertz CT molecular complexity index is 567. The minimum atomic E-state index is 0.201. The fraction of sp³-hybridized carbons (Fsp3) is 0.182. The highest BCUT2D eigenvalue weighted by Gasteiger charge is 2.07. The summed E-state index contributed by atoms with van der Waals surface area (Å²) in [5.41, 5.74) is 2.15. The van der Waals surface area contributed by atoms with E-state index in [4.69, 9.17) is 12.2 Å². The third-order valence-electron chi connectivity index (χ3n) is 2.43. The van der Waals surface area contributed by atoms with Gasteiger partial charge >= 0.3 is 0 Å². The van der Waals surface area contributed by atoms with Gasteiger partial charge in [0, 0.05) is 4.47 Å². The van der Waals surface area contributed by atoms with Crippen LogP contribution in [-0.2, 0) is 0 Å². The first kappa shape index (κ1) is 10.6. The first-order chi connectivity index (χ1) is 7.13. The van der Waals surface area contributed by atoms with Crippen LogP contribution in [0.15, 0.2) is 35.3 Å². The highest BCUT2D eigenvalue weighted by molar-refractivity contribution is 9.10. The highest BCUT2D eigenvalue weighted by Crippen LogP contribution is 2.22. The number of allylic oxidation sites excluding steroid dienone is 1. The minimum Gasteiger partial charge on any atom is -0.331 e. The molecule has 0 aliphatic heterocycles. The third-order valence-corrected chi connectivity index (χ3v) is 3.22. The Morgan fingerprint density at radius 2 is 2.33 bits per heavy atom. The first-order valence-electron chi connectivity index (χ1n) is 4.66. The second-order valence-electron chi connectivity index (χ2n) is 3.44. The van der Waals surface area contributed by atoms with Crippen molar-refractivity contribution in [2.45, 2.75) is 13.0 Å². The molecule has 15 heavy (non-hydrogen) atoms. The average Bonchev–Trinajstić information content (AvgIpc) is 2.52. The van der Waals surface area contributed by atoms with Crippen molar-refractivity contribution in [3.63, 3.8) is 0 Å². The van der Waals surface area contributed by atoms with Crippen molar-refractivity contribution in [3.05, 3.63) is 40.1 Å². The summed E-state index contributed by atoms with van der Waals surface area (Å²) in [6, 6.07) is 6.29. The van der Waals surface area contributed by atoms with Crippen LogP contribution in [-0.4, -0.2) is 9.55 Å². The molecule has 1 aromatic carbocycles. The van der Waals surface area contributed by atoms with E-state index in [-0.39, 0.29) is 6.04 Å². The zero-order valence-corrected chi connectivity index (χ0v) is 10.7. The molecule has 0 fully saturated rings. The molecule has 4 heteroatoms. The van der Waals surface area contributed by atoms with Gasteiger partial charge in [-0.3, -0.25) is 0 Å². The van der Waals surface area contributed by atoms with Gasteiger partial charge in [0.15, 0.2) is 4.77 Å². The predicted octanol–water partition coefficient (Wildman–Crippen LogP) is 4.21. The fourth-order valence-corrected chi connectivity index (χ4v) is 2.35. The van der Waals surface area contributed by atoms with Crippen molar-refractivity contribution in [1.82, 2.24) is 9.55 Å². The van der Waals surface area contributed by atoms with Crippen molar-refractivity contribution >= 4 is 39.2 Å². The van der Waals surface area contributed by atoms with Crippen LogP contribution in [0.1, 0.15) is 13.0 Å². The molecule has 0 saturated carbocycles. The molecule has 2 rings (SSSR count). The molecule has 0 radical (unpaired) electrons. The lowest BCUT2D eigenvalue weighted by molar-refractivity contribution is 0.673. The van der Waals surface area contributed by atoms with Crippen molar-refractivity contribution in [2.75, 3.05) is 0 Å². The van der Waals surface area contributed by atoms with Gasteiger partial charge in [-0.05, 0) is 37.3 Å². The third kappa shape index (κ3) is 1.79. The maximum Gasteiger partial charge on any atom is 0.178 e. The monoisotopic (exact) mass is 282 g/mol. The zero-order chi connectivity index (χ0) is 11.0. The van der Waals surface area contributed by atoms with Crippen molar-refractivity contribution in [1.29, 1.82) is 0 Å². The number of halogens is 1. The van der Waals surface area contributed by atoms with E-state index in [1.165, 1.54) is 0 Å². The van der Waals surface area contributed by atoms with Crippen LogP contribution in [0.5, 0.6) is 0 Å². The summed E-state index contributed by atoms with van der Waals surface area (Å²) in [5, 5.41) is 0. The van der Waals surface area contributed by atoms with Crippen LogP contribution in [0.3, 0.4) is 0 Å². The van der Waals surface area contributed by atoms with Crippen LogP contribution in [0, 0.1) is 4.77 Å². The summed E-state index contributed by atoms with van der Waals surface area (Å²) in [6.45, 7) is 5.86. The smallest absolute Gasteiger partial charge is 0.178 e. The normalized spacial score (nSPS) is 12.9. The number of aromatic nitrogens is 2. The van der Waals surface area contributed by atoms with Gasteiger partial charge in [-0.1, -0.05) is 22.0 Å². The van der Waals surface area contributed by atoms with E-state index in [0.717, 1.165) is 20.3 Å². The van der Waals surface area contributed by atoms with E-state index in [0.29, 0.717) is 0 Å². The van der Waals surface area contributed by atoms with Crippen LogP contribution in [0.25, 0.3) is 11.0 Å². The minimum absolute atomic E-state index is 0.201. The molecule has 1 N–H and O–H groups in total. The molecule has 0 aliphatic carbocycles. The van der Waals surface area contributed by atoms with Gasteiger partial charge in [-0.15, -0.1) is 6.58 Å². The second kappa shape index (κ2) is 3.94. The summed E-state index contributed by atoms with van der Waals surface area (Å²) in [6.07, 6.45) is 1.88. The van der Waals surface area contributed by atoms with E-state index < -0.39 is 0 Å². The number of hydrogen-bond donors (Lipinski definition) is 1. The maximum absolute atomic E-state index is 5.28. The molecule has 2 nitrogen and oxygen atoms in total. The molecule has 0 amide bonds. The maximum atomic E-state index is 5.28. The van der Waals surface area contributed by atoms with Gasteiger partial charge in [0.05, 0.1) is 17.1 Å². The van der Waals surface area contributed by atoms with Gasteiger partial charge in [-0.25, -0.2) is 0 Å². The average molecular weight is 283 g/mol. The number of benzene rings is 1. The Kier molecular flexibility index (Phi) is 2.80. The highest BCUT2D eigenvalue weighted by atomic mass is 79.9. The van der Waals surface area contributed by atoms with E-state index in [1.54, 1.807) is 0 Å². The number of hydrogen-bond acceptors (Lipinski definition) is 1. The largest absolute Gasteiger partial charge is 0.331 e. The molecular formula is C11H11BrN2S. The number of aromatic amines is 1. The van der Waals surface area contributed by atoms with Gasteiger partial charge in [0.2, 0.25) is 0 Å². The van der Waals surface area contributed by atoms with E-state index >= 15 is 0 Å². The van der Waals surface area contributed by atoms with Crippen LogP contribution < -0.4 is 0 Å². The lowest BCUT2D eigenvalue weighted by atomic mass is 10.3. The van der Waals surface area contributed by atoms with Crippen molar-refractivity contribution < 1.29 is 0 Å². The molecule has 0 bridgehead atoms. The molecule has 1 heterocycles. The molecule has 1 aromatic heterocycles. The molecule has 1 unspecified atom stereocenters. The van der Waals surface area contributed by atoms with Crippen LogP contribution in [0.2, 0.25) is 0 Å². The quantitative estimate of drug-likeness (QED) is 0.647. The second-order valence-corrected chi connectivity index (χ2v) is 4.74. The number of H-pyrrole nitrogens is 1. The van der Waals surface area contributed by atoms with Crippen molar-refractivity contribution in [2.24, 2.45) is 0 Å². The van der Waals surface area contributed by atoms with Gasteiger partial charge in [0.25, 0.3) is 0 Å². The Hall–Kier alpha value is -0.870. The summed E-state index contributed by atoms with van der Waals surface area (Å²) < 4.78 is 3.84. The topological polar surface area (TPSA) is 20.7 Å². The number of nitrogens with zero attached hydrogens (tertiary/aromatic N) is 1. The summed E-state index contributed by atoms with van der Waals surface area (Å²) in [4.78, 5) is 3.18. The zero-order valence-electron chi connectivity index (χ0n) is 8.33. The van der Waals surface area contributed by atoms with Gasteiger partial charge < -0.3 is 9.55 Å². The van der Waals surface area contributed by atoms with Crippen LogP contribution >= 0.6 is 28.1 Å². The molecule has 1 atom stereocenters. The number of imidazole rings is 1. The van der Waals surface area contributed by atoms with Crippen molar-refractivity contribution in [3.8, 4) is 0 Å². The molecule has 78 valence electrons. The van der Waals surface area contributed by atoms with Gasteiger partial charge in [-0.2, -0.15) is 0 Å². The Labute approximate surface area is 102 Å². The van der Waals surface area contributed by atoms with E-state index in [9.17, 15) is 0 Å². The SMILES string of the molecule is C=CC(C)n1c(=S)[nH]c2cc(Br)ccc21. The van der Waals surface area contributed by atoms with Crippen LogP contribution in [0.4, 0.5) is 0 Å². The first-order valence-corrected chi connectivity index (χ1v) is 5.86. The standard InChI is InChI=1S/C11H11BrN2S/c1-3-7(2)14-10-5-4-8(12)6-9(10)13-11(14)15/h3-7H,1H2,2H3,(H,13,15). The predicted molar refractivity (Wildman–Crippen MR) is 69.7 cm³/mol. The van der Waals surface area contributed by atoms with Gasteiger partial charge in [0.1, 0.15) is 0 Å². The number of fused-ring (bicyclic) bond motifs is 1. The molecule has 0 aliphatic rings. The number of rotatable bonds is 2. The fourth-order valence-electron chi connectivity index (χ4n) is 1.61. The Morgan fingerprint density at radius 1 is 1.60 bits per heavy atom. The summed E-state index contributed by atoms with van der Waals surface area (Å²) >= 11 is 8.72. The summed E-state index contributed by atoms with van der Waals surface area (Å²) in [7, 11) is 0. The lowest BCUT2D eigenvalue weighted by Crippen LogP contribution is -2.01. The van der Waals surface area contributed by atoms with E-state index in [1.807, 2.05) is 24.3 Å². The molecular weight excluding hydrogens is 272 g/mol. The Morgan fingerprint density at radius 3 is 3.00 bits per heavy atom.